The maximum atomic E-state index is 12.9. The molecule has 1 aliphatic rings. The van der Waals surface area contributed by atoms with Gasteiger partial charge in [0, 0.05) is 19.1 Å². The minimum absolute atomic E-state index is 0.117. The number of carbonyl (C=O) groups excluding carboxylic acids is 1. The van der Waals surface area contributed by atoms with Gasteiger partial charge in [0.1, 0.15) is 5.82 Å². The molecule has 4 heteroatoms. The molecule has 2 rings (SSSR count). The number of hydrogen-bond acceptors (Lipinski definition) is 2. The van der Waals surface area contributed by atoms with Crippen LogP contribution >= 0.6 is 0 Å². The normalized spacial score (nSPS) is 18.8. The van der Waals surface area contributed by atoms with E-state index in [0.29, 0.717) is 12.5 Å². The highest BCUT2D eigenvalue weighted by molar-refractivity contribution is 5.78. The highest BCUT2D eigenvalue weighted by atomic mass is 19.1. The Morgan fingerprint density at radius 1 is 1.35 bits per heavy atom. The first-order chi connectivity index (χ1) is 9.69. The maximum Gasteiger partial charge on any atom is 0.227 e. The van der Waals surface area contributed by atoms with Gasteiger partial charge in [-0.3, -0.25) is 4.79 Å². The third-order valence-electron chi connectivity index (χ3n) is 3.86. The van der Waals surface area contributed by atoms with Crippen LogP contribution in [0.2, 0.25) is 0 Å². The zero-order valence-corrected chi connectivity index (χ0v) is 12.1. The number of hydrogen-bond donors (Lipinski definition) is 1. The lowest BCUT2D eigenvalue weighted by molar-refractivity contribution is -0.130. The number of nitrogens with zero attached hydrogens (tertiary/aromatic N) is 1. The third-order valence-corrected chi connectivity index (χ3v) is 3.86. The van der Waals surface area contributed by atoms with Gasteiger partial charge in [0.15, 0.2) is 0 Å². The van der Waals surface area contributed by atoms with E-state index in [1.165, 1.54) is 25.0 Å². The van der Waals surface area contributed by atoms with Crippen LogP contribution in [0.5, 0.6) is 0 Å². The van der Waals surface area contributed by atoms with Crippen molar-refractivity contribution < 1.29 is 9.18 Å². The Morgan fingerprint density at radius 2 is 2.10 bits per heavy atom. The summed E-state index contributed by atoms with van der Waals surface area (Å²) in [5.74, 6) is -0.147. The van der Waals surface area contributed by atoms with Gasteiger partial charge >= 0.3 is 0 Å². The molecule has 1 saturated heterocycles. The minimum Gasteiger partial charge on any atom is -0.341 e. The Balaban J connectivity index is 1.89. The zero-order valence-electron chi connectivity index (χ0n) is 12.1. The lowest BCUT2D eigenvalue weighted by Gasteiger charge is -2.30. The van der Waals surface area contributed by atoms with E-state index in [9.17, 15) is 9.18 Å². The van der Waals surface area contributed by atoms with Crippen LogP contribution in [0.1, 0.15) is 31.7 Å². The molecule has 3 nitrogen and oxygen atoms in total. The van der Waals surface area contributed by atoms with Gasteiger partial charge in [0.25, 0.3) is 0 Å². The van der Waals surface area contributed by atoms with Crippen molar-refractivity contribution in [1.82, 2.24) is 10.2 Å². The van der Waals surface area contributed by atoms with Crippen molar-refractivity contribution in [1.29, 1.82) is 0 Å². The second-order valence-electron chi connectivity index (χ2n) is 5.38. The van der Waals surface area contributed by atoms with Crippen molar-refractivity contribution in [2.24, 2.45) is 0 Å². The molecule has 110 valence electrons. The largest absolute Gasteiger partial charge is 0.341 e. The van der Waals surface area contributed by atoms with E-state index in [-0.39, 0.29) is 11.7 Å². The van der Waals surface area contributed by atoms with Gasteiger partial charge in [0.2, 0.25) is 5.91 Å². The lowest BCUT2D eigenvalue weighted by Crippen LogP contribution is -2.46. The minimum atomic E-state index is -0.264. The number of amides is 1. The highest BCUT2D eigenvalue weighted by Crippen LogP contribution is 2.10. The summed E-state index contributed by atoms with van der Waals surface area (Å²) in [6.45, 7) is 4.55. The summed E-state index contributed by atoms with van der Waals surface area (Å²) in [5.41, 5.74) is 0.867. The van der Waals surface area contributed by atoms with Gasteiger partial charge in [-0.05, 0) is 44.0 Å². The highest BCUT2D eigenvalue weighted by Gasteiger charge is 2.19. The van der Waals surface area contributed by atoms with Crippen molar-refractivity contribution in [3.63, 3.8) is 0 Å². The molecule has 0 bridgehead atoms. The van der Waals surface area contributed by atoms with E-state index in [0.717, 1.165) is 31.6 Å². The maximum absolute atomic E-state index is 12.9. The van der Waals surface area contributed by atoms with Gasteiger partial charge < -0.3 is 10.2 Å². The fourth-order valence-electron chi connectivity index (χ4n) is 2.64. The summed E-state index contributed by atoms with van der Waals surface area (Å²) in [5, 5.41) is 3.47. The van der Waals surface area contributed by atoms with Crippen molar-refractivity contribution in [3.8, 4) is 0 Å². The Kier molecular flexibility index (Phi) is 5.53. The van der Waals surface area contributed by atoms with E-state index >= 15 is 0 Å². The van der Waals surface area contributed by atoms with Crippen LogP contribution in [0, 0.1) is 5.82 Å². The zero-order chi connectivity index (χ0) is 14.4. The molecule has 1 aliphatic heterocycles. The summed E-state index contributed by atoms with van der Waals surface area (Å²) in [4.78, 5) is 14.2. The van der Waals surface area contributed by atoms with Crippen LogP contribution in [-0.2, 0) is 11.2 Å². The molecule has 1 unspecified atom stereocenters. The van der Waals surface area contributed by atoms with Gasteiger partial charge in [-0.2, -0.15) is 0 Å². The fourth-order valence-corrected chi connectivity index (χ4v) is 2.64. The van der Waals surface area contributed by atoms with E-state index in [2.05, 4.69) is 5.32 Å². The molecule has 1 heterocycles. The predicted octanol–water partition coefficient (Wildman–Crippen LogP) is 2.36. The second kappa shape index (κ2) is 7.39. The molecular weight excluding hydrogens is 255 g/mol. The quantitative estimate of drug-likeness (QED) is 0.896. The molecule has 1 N–H and O–H groups in total. The summed E-state index contributed by atoms with van der Waals surface area (Å²) >= 11 is 0. The van der Waals surface area contributed by atoms with Gasteiger partial charge in [-0.15, -0.1) is 0 Å². The first-order valence-corrected chi connectivity index (χ1v) is 7.44. The molecule has 20 heavy (non-hydrogen) atoms. The van der Waals surface area contributed by atoms with Crippen molar-refractivity contribution in [2.75, 3.05) is 19.6 Å². The van der Waals surface area contributed by atoms with E-state index in [1.807, 2.05) is 11.8 Å². The summed E-state index contributed by atoms with van der Waals surface area (Å²) in [6, 6.07) is 6.59. The SMILES string of the molecule is CCN(CC1CCCCN1)C(=O)Cc1ccc(F)cc1. The van der Waals surface area contributed by atoms with Gasteiger partial charge in [-0.1, -0.05) is 18.6 Å². The molecule has 1 amide bonds. The Morgan fingerprint density at radius 3 is 2.70 bits per heavy atom. The van der Waals surface area contributed by atoms with Crippen LogP contribution in [0.3, 0.4) is 0 Å². The van der Waals surface area contributed by atoms with E-state index < -0.39 is 0 Å². The van der Waals surface area contributed by atoms with Gasteiger partial charge in [0.05, 0.1) is 6.42 Å². The fraction of sp³-hybridized carbons (Fsp3) is 0.562. The molecule has 0 aliphatic carbocycles. The van der Waals surface area contributed by atoms with Crippen LogP contribution in [0.4, 0.5) is 4.39 Å². The molecule has 1 aromatic rings. The Labute approximate surface area is 120 Å². The number of halogens is 1. The smallest absolute Gasteiger partial charge is 0.227 e. The number of likely N-dealkylation sites (N-methyl/N-ethyl adjacent to an activating group) is 1. The van der Waals surface area contributed by atoms with E-state index in [4.69, 9.17) is 0 Å². The van der Waals surface area contributed by atoms with Crippen LogP contribution < -0.4 is 5.32 Å². The lowest BCUT2D eigenvalue weighted by atomic mass is 10.0. The molecule has 0 aromatic heterocycles. The average Bonchev–Trinajstić information content (AvgIpc) is 2.48. The third kappa shape index (κ3) is 4.30. The Hall–Kier alpha value is -1.42. The number of carbonyl (C=O) groups is 1. The standard InChI is InChI=1S/C16H23FN2O/c1-2-19(12-15-5-3-4-10-18-15)16(20)11-13-6-8-14(17)9-7-13/h6-9,15,18H,2-5,10-12H2,1H3. The summed E-state index contributed by atoms with van der Waals surface area (Å²) in [6.07, 6.45) is 3.95. The van der Waals surface area contributed by atoms with Crippen molar-refractivity contribution >= 4 is 5.91 Å². The molecular formula is C16H23FN2O. The van der Waals surface area contributed by atoms with Crippen LogP contribution in [-0.4, -0.2) is 36.5 Å². The molecule has 0 spiro atoms. The topological polar surface area (TPSA) is 32.3 Å². The molecule has 1 aromatic carbocycles. The van der Waals surface area contributed by atoms with E-state index in [1.54, 1.807) is 12.1 Å². The van der Waals surface area contributed by atoms with Gasteiger partial charge in [-0.25, -0.2) is 4.39 Å². The van der Waals surface area contributed by atoms with Crippen LogP contribution in [0.25, 0.3) is 0 Å². The Bertz CT molecular complexity index is 427. The van der Waals surface area contributed by atoms with Crippen molar-refractivity contribution in [3.05, 3.63) is 35.6 Å². The number of rotatable bonds is 5. The molecule has 1 atom stereocenters. The molecule has 1 fully saturated rings. The summed E-state index contributed by atoms with van der Waals surface area (Å²) < 4.78 is 12.9. The average molecular weight is 278 g/mol. The molecule has 0 radical (unpaired) electrons. The number of piperidine rings is 1. The van der Waals surface area contributed by atoms with Crippen LogP contribution in [0.15, 0.2) is 24.3 Å². The number of nitrogens with one attached hydrogen (secondary N) is 1. The molecule has 0 saturated carbocycles. The summed E-state index contributed by atoms with van der Waals surface area (Å²) in [7, 11) is 0. The predicted molar refractivity (Wildman–Crippen MR) is 78.0 cm³/mol. The number of benzene rings is 1. The first kappa shape index (κ1) is 15.0. The monoisotopic (exact) mass is 278 g/mol. The first-order valence-electron chi connectivity index (χ1n) is 7.44. The second-order valence-corrected chi connectivity index (χ2v) is 5.38. The van der Waals surface area contributed by atoms with Crippen molar-refractivity contribution in [2.45, 2.75) is 38.6 Å².